The lowest BCUT2D eigenvalue weighted by atomic mass is 10.1. The number of rotatable bonds is 3. The Morgan fingerprint density at radius 3 is 1.69 bits per heavy atom. The van der Waals surface area contributed by atoms with Gasteiger partial charge in [0.05, 0.1) is 5.70 Å². The van der Waals surface area contributed by atoms with Crippen LogP contribution in [0, 0.1) is 0 Å². The topological polar surface area (TPSA) is 63.3 Å². The number of aliphatic carboxylic acids is 1. The predicted molar refractivity (Wildman–Crippen MR) is 35.9 cm³/mol. The maximum atomic E-state index is 12.5. The van der Waals surface area contributed by atoms with Crippen molar-refractivity contribution in [2.24, 2.45) is 5.73 Å². The normalized spacial score (nSPS) is 15.1. The first kappa shape index (κ1) is 14.5. The maximum Gasteiger partial charge on any atom is 0.460 e. The van der Waals surface area contributed by atoms with Gasteiger partial charge in [0.25, 0.3) is 0 Å². The van der Waals surface area contributed by atoms with Crippen LogP contribution in [-0.2, 0) is 4.79 Å². The molecule has 0 aliphatic rings. The highest BCUT2D eigenvalue weighted by Crippen LogP contribution is 2.48. The Morgan fingerprint density at radius 2 is 1.44 bits per heavy atom. The van der Waals surface area contributed by atoms with Crippen molar-refractivity contribution in [2.45, 2.75) is 18.0 Å². The number of hydrogen-bond donors (Lipinski definition) is 2. The van der Waals surface area contributed by atoms with E-state index in [0.717, 1.165) is 0 Å². The van der Waals surface area contributed by atoms with E-state index in [1.807, 2.05) is 0 Å². The first-order valence-electron chi connectivity index (χ1n) is 3.37. The number of allylic oxidation sites excluding steroid dienone is 1. The van der Waals surface area contributed by atoms with Crippen LogP contribution in [0.5, 0.6) is 0 Å². The van der Waals surface area contributed by atoms with Gasteiger partial charge in [0.1, 0.15) is 0 Å². The third-order valence-electron chi connectivity index (χ3n) is 1.39. The number of alkyl halides is 7. The summed E-state index contributed by atoms with van der Waals surface area (Å²) in [6, 6.07) is 0. The summed E-state index contributed by atoms with van der Waals surface area (Å²) in [5.74, 6) is -14.4. The smallest absolute Gasteiger partial charge is 0.460 e. The zero-order valence-electron chi connectivity index (χ0n) is 7.16. The molecule has 0 saturated carbocycles. The second-order valence-corrected chi connectivity index (χ2v) is 2.58. The van der Waals surface area contributed by atoms with E-state index in [0.29, 0.717) is 0 Å². The van der Waals surface area contributed by atoms with Crippen LogP contribution in [0.3, 0.4) is 0 Å². The Labute approximate surface area is 83.3 Å². The quantitative estimate of drug-likeness (QED) is 0.596. The van der Waals surface area contributed by atoms with Gasteiger partial charge in [-0.3, -0.25) is 0 Å². The van der Waals surface area contributed by atoms with Crippen LogP contribution < -0.4 is 5.73 Å². The summed E-state index contributed by atoms with van der Waals surface area (Å²) in [7, 11) is 0. The SMILES string of the molecule is NC(=CC(=O)O)C(F)(F)C(F)(F)C(F)(F)F. The Kier molecular flexibility index (Phi) is 3.48. The van der Waals surface area contributed by atoms with Gasteiger partial charge in [-0.25, -0.2) is 4.79 Å². The maximum absolute atomic E-state index is 12.5. The van der Waals surface area contributed by atoms with Gasteiger partial charge in [0, 0.05) is 6.08 Å². The molecule has 0 aromatic rings. The molecule has 0 fully saturated rings. The van der Waals surface area contributed by atoms with Gasteiger partial charge in [0.15, 0.2) is 0 Å². The zero-order valence-corrected chi connectivity index (χ0v) is 7.16. The molecule has 3 N–H and O–H groups in total. The Bertz CT molecular complexity index is 319. The van der Waals surface area contributed by atoms with E-state index in [9.17, 15) is 35.5 Å². The fourth-order valence-electron chi connectivity index (χ4n) is 0.583. The van der Waals surface area contributed by atoms with Crippen LogP contribution in [-0.4, -0.2) is 29.1 Å². The Morgan fingerprint density at radius 1 is 1.06 bits per heavy atom. The molecule has 0 aromatic heterocycles. The van der Waals surface area contributed by atoms with Gasteiger partial charge >= 0.3 is 24.0 Å². The van der Waals surface area contributed by atoms with Gasteiger partial charge in [-0.1, -0.05) is 0 Å². The van der Waals surface area contributed by atoms with Crippen molar-refractivity contribution in [1.29, 1.82) is 0 Å². The number of halogens is 7. The minimum Gasteiger partial charge on any atom is -0.478 e. The third-order valence-corrected chi connectivity index (χ3v) is 1.39. The van der Waals surface area contributed by atoms with E-state index >= 15 is 0 Å². The average Bonchev–Trinajstić information content (AvgIpc) is 2.00. The van der Waals surface area contributed by atoms with Crippen LogP contribution in [0.4, 0.5) is 30.7 Å². The summed E-state index contributed by atoms with van der Waals surface area (Å²) in [6.45, 7) is 0. The van der Waals surface area contributed by atoms with Crippen LogP contribution in [0.2, 0.25) is 0 Å². The van der Waals surface area contributed by atoms with Crippen molar-refractivity contribution in [1.82, 2.24) is 0 Å². The second kappa shape index (κ2) is 3.83. The van der Waals surface area contributed by atoms with Gasteiger partial charge in [-0.15, -0.1) is 0 Å². The highest BCUT2D eigenvalue weighted by Gasteiger charge is 2.74. The Balaban J connectivity index is 5.44. The molecule has 0 atom stereocenters. The molecule has 0 amide bonds. The first-order valence-corrected chi connectivity index (χ1v) is 3.37. The van der Waals surface area contributed by atoms with E-state index in [1.165, 1.54) is 0 Å². The number of carboxylic acid groups (broad SMARTS) is 1. The molecule has 0 radical (unpaired) electrons. The van der Waals surface area contributed by atoms with Crippen molar-refractivity contribution in [3.8, 4) is 0 Å². The minimum absolute atomic E-state index is 0.625. The predicted octanol–water partition coefficient (Wildman–Crippen LogP) is 1.75. The van der Waals surface area contributed by atoms with Crippen molar-refractivity contribution < 1.29 is 40.6 Å². The lowest BCUT2D eigenvalue weighted by molar-refractivity contribution is -0.344. The molecule has 0 aliphatic carbocycles. The summed E-state index contributed by atoms with van der Waals surface area (Å²) in [4.78, 5) is 9.82. The number of nitrogens with two attached hydrogens (primary N) is 1. The summed E-state index contributed by atoms with van der Waals surface area (Å²) in [6.07, 6.45) is -7.17. The third kappa shape index (κ3) is 2.36. The summed E-state index contributed by atoms with van der Waals surface area (Å²) in [5, 5.41) is 7.90. The first-order chi connectivity index (χ1) is 6.84. The summed E-state index contributed by atoms with van der Waals surface area (Å²) in [5.41, 5.74) is 1.80. The molecule has 3 nitrogen and oxygen atoms in total. The molecule has 94 valence electrons. The highest BCUT2D eigenvalue weighted by molar-refractivity contribution is 5.80. The fraction of sp³-hybridized carbons (Fsp3) is 0.500. The fourth-order valence-corrected chi connectivity index (χ4v) is 0.583. The van der Waals surface area contributed by atoms with Gasteiger partial charge < -0.3 is 10.8 Å². The van der Waals surface area contributed by atoms with Crippen molar-refractivity contribution in [3.63, 3.8) is 0 Å². The highest BCUT2D eigenvalue weighted by atomic mass is 19.4. The molecule has 0 bridgehead atoms. The molecule has 0 aromatic carbocycles. The molecular weight excluding hydrogens is 251 g/mol. The monoisotopic (exact) mass is 255 g/mol. The number of carbonyl (C=O) groups is 1. The zero-order chi connectivity index (χ0) is 13.4. The molecule has 10 heteroatoms. The lowest BCUT2D eigenvalue weighted by Gasteiger charge is -2.28. The molecule has 0 rings (SSSR count). The van der Waals surface area contributed by atoms with E-state index in [4.69, 9.17) is 5.11 Å². The molecule has 0 aliphatic heterocycles. The minimum atomic E-state index is -6.55. The second-order valence-electron chi connectivity index (χ2n) is 2.58. The van der Waals surface area contributed by atoms with E-state index in [1.54, 1.807) is 0 Å². The van der Waals surface area contributed by atoms with Crippen LogP contribution in [0.25, 0.3) is 0 Å². The largest absolute Gasteiger partial charge is 0.478 e. The van der Waals surface area contributed by atoms with Crippen LogP contribution in [0.1, 0.15) is 0 Å². The van der Waals surface area contributed by atoms with E-state index < -0.39 is 35.8 Å². The van der Waals surface area contributed by atoms with E-state index in [2.05, 4.69) is 5.73 Å². The average molecular weight is 255 g/mol. The molecule has 0 unspecified atom stereocenters. The van der Waals surface area contributed by atoms with Gasteiger partial charge in [-0.05, 0) is 0 Å². The van der Waals surface area contributed by atoms with Crippen molar-refractivity contribution in [3.05, 3.63) is 11.8 Å². The summed E-state index contributed by atoms with van der Waals surface area (Å²) < 4.78 is 84.2. The standard InChI is InChI=1S/C6H4F7NO2/c7-4(8,2(14)1-3(15)16)5(9,10)6(11,12)13/h1H,14H2,(H,15,16). The van der Waals surface area contributed by atoms with Crippen molar-refractivity contribution >= 4 is 5.97 Å². The molecule has 0 spiro atoms. The van der Waals surface area contributed by atoms with Gasteiger partial charge in [-0.2, -0.15) is 30.7 Å². The molecule has 0 saturated heterocycles. The summed E-state index contributed by atoms with van der Waals surface area (Å²) >= 11 is 0. The van der Waals surface area contributed by atoms with E-state index in [-0.39, 0.29) is 0 Å². The van der Waals surface area contributed by atoms with Crippen molar-refractivity contribution in [2.75, 3.05) is 0 Å². The molecular formula is C6H4F7NO2. The van der Waals surface area contributed by atoms with Crippen LogP contribution in [0.15, 0.2) is 11.8 Å². The lowest BCUT2D eigenvalue weighted by Crippen LogP contribution is -2.54. The molecule has 16 heavy (non-hydrogen) atoms. The molecule has 0 heterocycles. The number of carboxylic acids is 1. The number of hydrogen-bond acceptors (Lipinski definition) is 2. The van der Waals surface area contributed by atoms with Gasteiger partial charge in [0.2, 0.25) is 0 Å². The van der Waals surface area contributed by atoms with Crippen LogP contribution >= 0.6 is 0 Å². The Hall–Kier alpha value is -1.48.